The molecule has 17 heavy (non-hydrogen) atoms. The number of ether oxygens (including phenoxy) is 1. The van der Waals surface area contributed by atoms with Crippen molar-refractivity contribution in [2.75, 3.05) is 12.0 Å². The summed E-state index contributed by atoms with van der Waals surface area (Å²) in [5.74, 6) is 0.919. The second kappa shape index (κ2) is 3.48. The zero-order valence-electron chi connectivity index (χ0n) is 9.86. The summed E-state index contributed by atoms with van der Waals surface area (Å²) in [5, 5.41) is 2.30. The summed E-state index contributed by atoms with van der Waals surface area (Å²) in [6.45, 7) is 2.24. The van der Waals surface area contributed by atoms with Crippen LogP contribution in [-0.4, -0.2) is 13.0 Å². The molecule has 0 saturated heterocycles. The highest BCUT2D eigenvalue weighted by atomic mass is 16.5. The van der Waals surface area contributed by atoms with Gasteiger partial charge in [0.15, 0.2) is 0 Å². The molecule has 0 N–H and O–H groups in total. The summed E-state index contributed by atoms with van der Waals surface area (Å²) in [5.41, 5.74) is 2.16. The van der Waals surface area contributed by atoms with Gasteiger partial charge in [-0.1, -0.05) is 12.1 Å². The third-order valence-corrected chi connectivity index (χ3v) is 3.25. The van der Waals surface area contributed by atoms with E-state index in [0.29, 0.717) is 6.54 Å². The standard InChI is InChI=1S/C14H13NO2/c1-9(16)15-8-11-7-12(17-2)6-10-4-3-5-13(15)14(10)11/h3-7H,8H2,1-2H3. The third-order valence-electron chi connectivity index (χ3n) is 3.25. The Labute approximate surface area is 99.6 Å². The fourth-order valence-electron chi connectivity index (χ4n) is 2.47. The quantitative estimate of drug-likeness (QED) is 0.749. The number of rotatable bonds is 1. The molecule has 1 amide bonds. The monoisotopic (exact) mass is 227 g/mol. The van der Waals surface area contributed by atoms with Gasteiger partial charge in [-0.2, -0.15) is 0 Å². The van der Waals surface area contributed by atoms with Crippen LogP contribution in [0.15, 0.2) is 30.3 Å². The molecule has 3 rings (SSSR count). The highest BCUT2D eigenvalue weighted by Gasteiger charge is 2.24. The molecule has 1 heterocycles. The van der Waals surface area contributed by atoms with Gasteiger partial charge in [-0.25, -0.2) is 0 Å². The van der Waals surface area contributed by atoms with Gasteiger partial charge in [0.2, 0.25) is 5.91 Å². The molecule has 3 heteroatoms. The molecule has 0 saturated carbocycles. The predicted octanol–water partition coefficient (Wildman–Crippen LogP) is 2.71. The van der Waals surface area contributed by atoms with Crippen molar-refractivity contribution in [3.8, 4) is 5.75 Å². The first-order chi connectivity index (χ1) is 8.20. The van der Waals surface area contributed by atoms with Gasteiger partial charge in [-0.3, -0.25) is 4.79 Å². The van der Waals surface area contributed by atoms with E-state index in [9.17, 15) is 4.79 Å². The minimum absolute atomic E-state index is 0.0765. The van der Waals surface area contributed by atoms with Crippen molar-refractivity contribution < 1.29 is 9.53 Å². The SMILES string of the molecule is COc1cc2c3c(cccc3c1)N(C(C)=O)C2. The van der Waals surface area contributed by atoms with E-state index in [1.165, 1.54) is 5.39 Å². The van der Waals surface area contributed by atoms with Crippen LogP contribution in [0.3, 0.4) is 0 Å². The Bertz CT molecular complexity index is 619. The number of hydrogen-bond acceptors (Lipinski definition) is 2. The van der Waals surface area contributed by atoms with Gasteiger partial charge in [0.25, 0.3) is 0 Å². The molecule has 86 valence electrons. The van der Waals surface area contributed by atoms with E-state index in [1.807, 2.05) is 24.3 Å². The van der Waals surface area contributed by atoms with Gasteiger partial charge in [0.05, 0.1) is 19.3 Å². The molecule has 0 unspecified atom stereocenters. The lowest BCUT2D eigenvalue weighted by molar-refractivity contribution is -0.116. The van der Waals surface area contributed by atoms with Crippen LogP contribution in [0.5, 0.6) is 5.75 Å². The Morgan fingerprint density at radius 3 is 2.88 bits per heavy atom. The first-order valence-electron chi connectivity index (χ1n) is 5.58. The summed E-state index contributed by atoms with van der Waals surface area (Å²) in [6.07, 6.45) is 0. The van der Waals surface area contributed by atoms with E-state index in [0.717, 1.165) is 22.4 Å². The lowest BCUT2D eigenvalue weighted by Crippen LogP contribution is -2.23. The molecule has 2 aromatic carbocycles. The number of hydrogen-bond donors (Lipinski definition) is 0. The van der Waals surface area contributed by atoms with E-state index in [1.54, 1.807) is 18.9 Å². The number of benzene rings is 2. The molecule has 0 spiro atoms. The van der Waals surface area contributed by atoms with Gasteiger partial charge in [-0.05, 0) is 29.1 Å². The van der Waals surface area contributed by atoms with Gasteiger partial charge in [-0.15, -0.1) is 0 Å². The second-order valence-electron chi connectivity index (χ2n) is 4.27. The van der Waals surface area contributed by atoms with E-state index in [-0.39, 0.29) is 5.91 Å². The molecule has 0 bridgehead atoms. The van der Waals surface area contributed by atoms with Crippen molar-refractivity contribution in [3.05, 3.63) is 35.9 Å². The lowest BCUT2D eigenvalue weighted by atomic mass is 10.1. The normalized spacial score (nSPS) is 13.2. The topological polar surface area (TPSA) is 29.5 Å². The smallest absolute Gasteiger partial charge is 0.224 e. The van der Waals surface area contributed by atoms with Crippen LogP contribution < -0.4 is 9.64 Å². The average Bonchev–Trinajstić information content (AvgIpc) is 2.70. The maximum Gasteiger partial charge on any atom is 0.224 e. The molecule has 3 nitrogen and oxygen atoms in total. The van der Waals surface area contributed by atoms with E-state index in [4.69, 9.17) is 4.74 Å². The molecule has 0 atom stereocenters. The number of methoxy groups -OCH3 is 1. The summed E-state index contributed by atoms with van der Waals surface area (Å²) in [7, 11) is 1.66. The van der Waals surface area contributed by atoms with Crippen LogP contribution in [0.2, 0.25) is 0 Å². The molecule has 1 aliphatic heterocycles. The Balaban J connectivity index is 2.30. The van der Waals surface area contributed by atoms with Crippen molar-refractivity contribution in [2.24, 2.45) is 0 Å². The third kappa shape index (κ3) is 1.39. The number of carbonyl (C=O) groups excluding carboxylic acids is 1. The fourth-order valence-corrected chi connectivity index (χ4v) is 2.47. The van der Waals surface area contributed by atoms with Crippen molar-refractivity contribution in [1.29, 1.82) is 0 Å². The number of nitrogens with zero attached hydrogens (tertiary/aromatic N) is 1. The summed E-state index contributed by atoms with van der Waals surface area (Å²) >= 11 is 0. The van der Waals surface area contributed by atoms with Crippen LogP contribution in [-0.2, 0) is 11.3 Å². The van der Waals surface area contributed by atoms with Crippen LogP contribution in [0.4, 0.5) is 5.69 Å². The predicted molar refractivity (Wildman–Crippen MR) is 67.4 cm³/mol. The first kappa shape index (κ1) is 10.1. The minimum Gasteiger partial charge on any atom is -0.497 e. The first-order valence-corrected chi connectivity index (χ1v) is 5.58. The summed E-state index contributed by atoms with van der Waals surface area (Å²) in [6, 6.07) is 10.0. The van der Waals surface area contributed by atoms with E-state index in [2.05, 4.69) is 6.07 Å². The van der Waals surface area contributed by atoms with Crippen LogP contribution in [0.1, 0.15) is 12.5 Å². The molecule has 2 aromatic rings. The number of carbonyl (C=O) groups is 1. The maximum absolute atomic E-state index is 11.6. The van der Waals surface area contributed by atoms with E-state index >= 15 is 0 Å². The second-order valence-corrected chi connectivity index (χ2v) is 4.27. The summed E-state index contributed by atoms with van der Waals surface area (Å²) in [4.78, 5) is 13.4. The summed E-state index contributed by atoms with van der Waals surface area (Å²) < 4.78 is 5.28. The van der Waals surface area contributed by atoms with Gasteiger partial charge in [0, 0.05) is 12.3 Å². The molecule has 0 aromatic heterocycles. The van der Waals surface area contributed by atoms with Crippen LogP contribution >= 0.6 is 0 Å². The molecule has 1 aliphatic rings. The molecular formula is C14H13NO2. The maximum atomic E-state index is 11.6. The Hall–Kier alpha value is -2.03. The molecule has 0 aliphatic carbocycles. The van der Waals surface area contributed by atoms with E-state index < -0.39 is 0 Å². The van der Waals surface area contributed by atoms with Crippen molar-refractivity contribution in [1.82, 2.24) is 0 Å². The zero-order chi connectivity index (χ0) is 12.0. The zero-order valence-corrected chi connectivity index (χ0v) is 9.86. The largest absolute Gasteiger partial charge is 0.497 e. The number of amides is 1. The van der Waals surface area contributed by atoms with Gasteiger partial charge < -0.3 is 9.64 Å². The average molecular weight is 227 g/mol. The Morgan fingerprint density at radius 1 is 1.35 bits per heavy atom. The highest BCUT2D eigenvalue weighted by molar-refractivity contribution is 6.08. The Kier molecular flexibility index (Phi) is 2.08. The Morgan fingerprint density at radius 2 is 2.18 bits per heavy atom. The minimum atomic E-state index is 0.0765. The van der Waals surface area contributed by atoms with Gasteiger partial charge in [0.1, 0.15) is 5.75 Å². The molecule has 0 radical (unpaired) electrons. The fraction of sp³-hybridized carbons (Fsp3) is 0.214. The van der Waals surface area contributed by atoms with Crippen LogP contribution in [0, 0.1) is 0 Å². The van der Waals surface area contributed by atoms with Gasteiger partial charge >= 0.3 is 0 Å². The van der Waals surface area contributed by atoms with Crippen molar-refractivity contribution in [2.45, 2.75) is 13.5 Å². The molecular weight excluding hydrogens is 214 g/mol. The van der Waals surface area contributed by atoms with Crippen LogP contribution in [0.25, 0.3) is 10.8 Å². The highest BCUT2D eigenvalue weighted by Crippen LogP contribution is 2.39. The number of anilines is 1. The molecule has 0 fully saturated rings. The van der Waals surface area contributed by atoms with Crippen molar-refractivity contribution in [3.63, 3.8) is 0 Å². The lowest BCUT2D eigenvalue weighted by Gasteiger charge is -2.14. The van der Waals surface area contributed by atoms with Crippen molar-refractivity contribution >= 4 is 22.4 Å².